The maximum absolute atomic E-state index is 5.80. The van der Waals surface area contributed by atoms with Gasteiger partial charge in [-0.2, -0.15) is 5.10 Å². The lowest BCUT2D eigenvalue weighted by Gasteiger charge is -1.93. The Bertz CT molecular complexity index is 665. The van der Waals surface area contributed by atoms with E-state index < -0.39 is 0 Å². The van der Waals surface area contributed by atoms with Crippen molar-refractivity contribution in [3.05, 3.63) is 54.2 Å². The van der Waals surface area contributed by atoms with Crippen molar-refractivity contribution in [2.75, 3.05) is 0 Å². The number of aromatic nitrogens is 5. The number of hydrogen-bond acceptors (Lipinski definition) is 3. The van der Waals surface area contributed by atoms with Crippen LogP contribution in [0.1, 0.15) is 0 Å². The molecule has 3 aromatic rings. The van der Waals surface area contributed by atoms with Crippen molar-refractivity contribution in [1.29, 1.82) is 0 Å². The number of nitrogens with zero attached hydrogens (tertiary/aromatic N) is 4. The Kier molecular flexibility index (Phi) is 2.74. The Balaban J connectivity index is 2.00. The molecule has 6 heteroatoms. The van der Waals surface area contributed by atoms with Gasteiger partial charge in [-0.25, -0.2) is 4.98 Å². The van der Waals surface area contributed by atoms with Crippen molar-refractivity contribution in [3.8, 4) is 17.2 Å². The van der Waals surface area contributed by atoms with Crippen molar-refractivity contribution in [3.63, 3.8) is 0 Å². The molecule has 1 N–H and O–H groups in total. The molecule has 0 aliphatic heterocycles. The largest absolute Gasteiger partial charge is 0.312 e. The van der Waals surface area contributed by atoms with Gasteiger partial charge in [0.2, 0.25) is 0 Å². The molecular weight excluding hydrogens is 250 g/mol. The van der Waals surface area contributed by atoms with Gasteiger partial charge in [0.15, 0.2) is 11.4 Å². The standard InChI is InChI=1S/C12H8ClN5/c13-11-7-14-6-10(16-11)12-15-8-18(17-12)9-4-2-1-3-5-9/h1-8H/p+1. The van der Waals surface area contributed by atoms with Gasteiger partial charge in [-0.3, -0.25) is 4.98 Å². The summed E-state index contributed by atoms with van der Waals surface area (Å²) in [5.74, 6) is 0.619. The highest BCUT2D eigenvalue weighted by Gasteiger charge is 2.14. The zero-order valence-corrected chi connectivity index (χ0v) is 10.0. The Morgan fingerprint density at radius 2 is 1.94 bits per heavy atom. The van der Waals surface area contributed by atoms with Crippen molar-refractivity contribution in [1.82, 2.24) is 20.1 Å². The zero-order valence-electron chi connectivity index (χ0n) is 9.29. The highest BCUT2D eigenvalue weighted by Crippen LogP contribution is 2.11. The van der Waals surface area contributed by atoms with Gasteiger partial charge in [0.05, 0.1) is 12.4 Å². The van der Waals surface area contributed by atoms with Gasteiger partial charge in [-0.05, 0) is 17.1 Å². The third kappa shape index (κ3) is 2.08. The fourth-order valence-electron chi connectivity index (χ4n) is 1.59. The van der Waals surface area contributed by atoms with E-state index in [1.54, 1.807) is 17.2 Å². The second-order valence-electron chi connectivity index (χ2n) is 3.64. The van der Waals surface area contributed by atoms with Gasteiger partial charge >= 0.3 is 12.2 Å². The van der Waals surface area contributed by atoms with E-state index in [1.807, 2.05) is 30.3 Å². The molecule has 0 saturated carbocycles. The molecule has 3 rings (SSSR count). The van der Waals surface area contributed by atoms with Crippen LogP contribution in [-0.4, -0.2) is 20.1 Å². The fraction of sp³-hybridized carbons (Fsp3) is 0. The molecule has 0 amide bonds. The van der Waals surface area contributed by atoms with Crippen LogP contribution in [-0.2, 0) is 0 Å². The summed E-state index contributed by atoms with van der Waals surface area (Å²) < 4.78 is 1.80. The number of hydrogen-bond donors (Lipinski definition) is 1. The van der Waals surface area contributed by atoms with Gasteiger partial charge in [0.1, 0.15) is 5.15 Å². The molecule has 0 unspecified atom stereocenters. The lowest BCUT2D eigenvalue weighted by atomic mass is 10.3. The van der Waals surface area contributed by atoms with Gasteiger partial charge in [0, 0.05) is 0 Å². The second kappa shape index (κ2) is 4.54. The van der Waals surface area contributed by atoms with Crippen LogP contribution in [0, 0.1) is 0 Å². The molecule has 0 fully saturated rings. The van der Waals surface area contributed by atoms with Crippen molar-refractivity contribution < 1.29 is 4.68 Å². The normalized spacial score (nSPS) is 10.5. The number of rotatable bonds is 2. The number of nitrogens with one attached hydrogen (secondary N) is 1. The van der Waals surface area contributed by atoms with Gasteiger partial charge in [-0.15, -0.1) is 4.68 Å². The molecule has 2 aromatic heterocycles. The molecule has 0 bridgehead atoms. The first kappa shape index (κ1) is 10.9. The van der Waals surface area contributed by atoms with Crippen molar-refractivity contribution in [2.24, 2.45) is 0 Å². The van der Waals surface area contributed by atoms with Gasteiger partial charge < -0.3 is 0 Å². The summed E-state index contributed by atoms with van der Waals surface area (Å²) in [6, 6.07) is 9.84. The van der Waals surface area contributed by atoms with E-state index in [1.165, 1.54) is 6.20 Å². The molecule has 88 valence electrons. The number of benzene rings is 1. The highest BCUT2D eigenvalue weighted by atomic mass is 35.5. The molecule has 0 spiro atoms. The fourth-order valence-corrected chi connectivity index (χ4v) is 1.73. The minimum atomic E-state index is 0.343. The van der Waals surface area contributed by atoms with Gasteiger partial charge in [0.25, 0.3) is 0 Å². The molecular formula is C12H9ClN5+. The average Bonchev–Trinajstić information content (AvgIpc) is 2.89. The number of para-hydroxylation sites is 1. The quantitative estimate of drug-likeness (QED) is 0.713. The van der Waals surface area contributed by atoms with Crippen LogP contribution in [0.25, 0.3) is 17.2 Å². The first-order valence-corrected chi connectivity index (χ1v) is 5.71. The molecule has 0 atom stereocenters. The topological polar surface area (TPSA) is 58.3 Å². The Morgan fingerprint density at radius 3 is 2.72 bits per heavy atom. The van der Waals surface area contributed by atoms with E-state index in [4.69, 9.17) is 11.6 Å². The lowest BCUT2D eigenvalue weighted by molar-refractivity contribution is -0.656. The van der Waals surface area contributed by atoms with Crippen LogP contribution in [0.15, 0.2) is 49.1 Å². The first-order chi connectivity index (χ1) is 8.83. The summed E-state index contributed by atoms with van der Waals surface area (Å²) >= 11 is 5.80. The highest BCUT2D eigenvalue weighted by molar-refractivity contribution is 6.29. The number of halogens is 1. The monoisotopic (exact) mass is 258 g/mol. The maximum Gasteiger partial charge on any atom is 0.312 e. The maximum atomic E-state index is 5.80. The van der Waals surface area contributed by atoms with E-state index in [9.17, 15) is 0 Å². The summed E-state index contributed by atoms with van der Waals surface area (Å²) in [6.07, 6.45) is 4.78. The molecule has 5 nitrogen and oxygen atoms in total. The molecule has 2 heterocycles. The smallest absolute Gasteiger partial charge is 0.259 e. The van der Waals surface area contributed by atoms with Crippen LogP contribution < -0.4 is 4.68 Å². The minimum Gasteiger partial charge on any atom is -0.259 e. The predicted octanol–water partition coefficient (Wildman–Crippen LogP) is 1.80. The lowest BCUT2D eigenvalue weighted by Crippen LogP contribution is -2.31. The SMILES string of the molecule is Clc1cncc(-c2nc[n+](-c3ccccc3)[nH]2)n1. The molecule has 0 radical (unpaired) electrons. The second-order valence-corrected chi connectivity index (χ2v) is 4.02. The number of H-pyrrole nitrogens is 1. The van der Waals surface area contributed by atoms with Crippen LogP contribution in [0.5, 0.6) is 0 Å². The molecule has 0 saturated heterocycles. The van der Waals surface area contributed by atoms with E-state index in [0.29, 0.717) is 16.7 Å². The van der Waals surface area contributed by atoms with Crippen LogP contribution in [0.2, 0.25) is 5.15 Å². The molecule has 18 heavy (non-hydrogen) atoms. The average molecular weight is 259 g/mol. The van der Waals surface area contributed by atoms with E-state index >= 15 is 0 Å². The Labute approximate surface area is 108 Å². The summed E-state index contributed by atoms with van der Waals surface area (Å²) in [4.78, 5) is 12.4. The number of aromatic amines is 1. The summed E-state index contributed by atoms with van der Waals surface area (Å²) in [7, 11) is 0. The molecule has 1 aromatic carbocycles. The van der Waals surface area contributed by atoms with E-state index in [2.05, 4.69) is 20.1 Å². The molecule has 0 aliphatic carbocycles. The zero-order chi connectivity index (χ0) is 12.4. The van der Waals surface area contributed by atoms with E-state index in [0.717, 1.165) is 5.69 Å². The Hall–Kier alpha value is -2.27. The summed E-state index contributed by atoms with van der Waals surface area (Å²) in [5, 5.41) is 3.46. The van der Waals surface area contributed by atoms with Crippen LogP contribution >= 0.6 is 11.6 Å². The van der Waals surface area contributed by atoms with Crippen molar-refractivity contribution >= 4 is 11.6 Å². The minimum absolute atomic E-state index is 0.343. The summed E-state index contributed by atoms with van der Waals surface area (Å²) in [5.41, 5.74) is 1.60. The van der Waals surface area contributed by atoms with Crippen LogP contribution in [0.4, 0.5) is 0 Å². The van der Waals surface area contributed by atoms with Gasteiger partial charge in [-0.1, -0.05) is 29.8 Å². The van der Waals surface area contributed by atoms with Crippen LogP contribution in [0.3, 0.4) is 0 Å². The summed E-state index contributed by atoms with van der Waals surface area (Å²) in [6.45, 7) is 0. The van der Waals surface area contributed by atoms with E-state index in [-0.39, 0.29) is 0 Å². The van der Waals surface area contributed by atoms with Crippen molar-refractivity contribution in [2.45, 2.75) is 0 Å². The Morgan fingerprint density at radius 1 is 1.11 bits per heavy atom. The predicted molar refractivity (Wildman–Crippen MR) is 66.2 cm³/mol. The first-order valence-electron chi connectivity index (χ1n) is 5.33. The third-order valence-corrected chi connectivity index (χ3v) is 2.59. The third-order valence-electron chi connectivity index (χ3n) is 2.41. The molecule has 0 aliphatic rings.